The molecular formula is C16H9O. The van der Waals surface area contributed by atoms with Crippen molar-refractivity contribution in [1.82, 2.24) is 0 Å². The molecule has 0 N–H and O–H groups in total. The summed E-state index contributed by atoms with van der Waals surface area (Å²) in [5.41, 5.74) is 1.87. The Morgan fingerprint density at radius 3 is 2.76 bits per heavy atom. The maximum Gasteiger partial charge on any atom is 0.136 e. The predicted molar refractivity (Wildman–Crippen MR) is 70.1 cm³/mol. The molecule has 0 spiro atoms. The van der Waals surface area contributed by atoms with Crippen LogP contribution in [-0.4, -0.2) is 0 Å². The lowest BCUT2D eigenvalue weighted by atomic mass is 10.0. The molecule has 0 atom stereocenters. The van der Waals surface area contributed by atoms with Crippen molar-refractivity contribution in [1.29, 1.82) is 0 Å². The lowest BCUT2D eigenvalue weighted by Gasteiger charge is -1.98. The number of hydrogen-bond donors (Lipinski definition) is 0. The van der Waals surface area contributed by atoms with E-state index in [0.29, 0.717) is 0 Å². The third-order valence-electron chi connectivity index (χ3n) is 3.20. The van der Waals surface area contributed by atoms with Crippen LogP contribution in [0.25, 0.3) is 32.7 Å². The summed E-state index contributed by atoms with van der Waals surface area (Å²) in [6.07, 6.45) is 0. The van der Waals surface area contributed by atoms with Gasteiger partial charge in [0.2, 0.25) is 0 Å². The highest BCUT2D eigenvalue weighted by Gasteiger charge is 2.08. The third kappa shape index (κ3) is 1.14. The first-order valence-electron chi connectivity index (χ1n) is 5.63. The molecule has 0 unspecified atom stereocenters. The number of furan rings is 1. The summed E-state index contributed by atoms with van der Waals surface area (Å²) < 4.78 is 5.84. The van der Waals surface area contributed by atoms with E-state index in [4.69, 9.17) is 4.42 Å². The van der Waals surface area contributed by atoms with Gasteiger partial charge in [0.1, 0.15) is 11.2 Å². The molecule has 0 saturated carbocycles. The van der Waals surface area contributed by atoms with Gasteiger partial charge in [-0.25, -0.2) is 0 Å². The first kappa shape index (κ1) is 8.82. The minimum absolute atomic E-state index is 0.926. The van der Waals surface area contributed by atoms with E-state index in [1.54, 1.807) is 0 Å². The second-order valence-corrected chi connectivity index (χ2v) is 4.18. The van der Waals surface area contributed by atoms with E-state index in [0.717, 1.165) is 16.6 Å². The van der Waals surface area contributed by atoms with Gasteiger partial charge in [0.05, 0.1) is 0 Å². The number of fused-ring (bicyclic) bond motifs is 5. The number of benzene rings is 3. The Bertz CT molecular complexity index is 834. The average Bonchev–Trinajstić information content (AvgIpc) is 2.77. The van der Waals surface area contributed by atoms with Gasteiger partial charge < -0.3 is 4.42 Å². The summed E-state index contributed by atoms with van der Waals surface area (Å²) in [6, 6.07) is 21.5. The molecule has 1 radical (unpaired) electrons. The molecule has 0 aliphatic carbocycles. The maximum atomic E-state index is 5.84. The zero-order valence-corrected chi connectivity index (χ0v) is 9.10. The van der Waals surface area contributed by atoms with Crippen molar-refractivity contribution in [2.45, 2.75) is 0 Å². The van der Waals surface area contributed by atoms with E-state index in [2.05, 4.69) is 36.4 Å². The standard InChI is InChI=1S/C16H9O/c1-2-6-12-11(5-1)9-10-15-16(12)13-7-3-4-8-14(13)17-15/h1-2,4-10H. The third-order valence-corrected chi connectivity index (χ3v) is 3.20. The van der Waals surface area contributed by atoms with Crippen LogP contribution in [0, 0.1) is 6.07 Å². The Hall–Kier alpha value is -2.28. The predicted octanol–water partition coefficient (Wildman–Crippen LogP) is 4.54. The van der Waals surface area contributed by atoms with Crippen molar-refractivity contribution in [3.63, 3.8) is 0 Å². The molecule has 17 heavy (non-hydrogen) atoms. The first-order valence-corrected chi connectivity index (χ1v) is 5.63. The molecular weight excluding hydrogens is 208 g/mol. The molecule has 1 nitrogen and oxygen atoms in total. The van der Waals surface area contributed by atoms with Crippen molar-refractivity contribution < 1.29 is 4.42 Å². The second-order valence-electron chi connectivity index (χ2n) is 4.18. The van der Waals surface area contributed by atoms with Gasteiger partial charge in [-0.15, -0.1) is 0 Å². The van der Waals surface area contributed by atoms with Crippen LogP contribution in [0.3, 0.4) is 0 Å². The van der Waals surface area contributed by atoms with Gasteiger partial charge in [0, 0.05) is 10.8 Å². The van der Waals surface area contributed by atoms with Gasteiger partial charge in [0.25, 0.3) is 0 Å². The molecule has 3 aromatic carbocycles. The molecule has 1 aromatic heterocycles. The molecule has 0 bridgehead atoms. The monoisotopic (exact) mass is 217 g/mol. The lowest BCUT2D eigenvalue weighted by molar-refractivity contribution is 0.669. The Morgan fingerprint density at radius 1 is 0.824 bits per heavy atom. The number of hydrogen-bond acceptors (Lipinski definition) is 1. The Labute approximate surface area is 98.3 Å². The van der Waals surface area contributed by atoms with Crippen LogP contribution in [0.4, 0.5) is 0 Å². The Balaban J connectivity index is 2.38. The van der Waals surface area contributed by atoms with Crippen LogP contribution >= 0.6 is 0 Å². The molecule has 0 amide bonds. The topological polar surface area (TPSA) is 13.1 Å². The molecule has 79 valence electrons. The fraction of sp³-hybridized carbons (Fsp3) is 0. The average molecular weight is 217 g/mol. The fourth-order valence-corrected chi connectivity index (χ4v) is 2.43. The summed E-state index contributed by atoms with van der Waals surface area (Å²) in [7, 11) is 0. The summed E-state index contributed by atoms with van der Waals surface area (Å²) >= 11 is 0. The summed E-state index contributed by atoms with van der Waals surface area (Å²) in [5, 5.41) is 4.81. The van der Waals surface area contributed by atoms with E-state index in [1.165, 1.54) is 16.2 Å². The van der Waals surface area contributed by atoms with Crippen LogP contribution in [-0.2, 0) is 0 Å². The summed E-state index contributed by atoms with van der Waals surface area (Å²) in [6.45, 7) is 0. The highest BCUT2D eigenvalue weighted by atomic mass is 16.3. The van der Waals surface area contributed by atoms with Crippen LogP contribution in [0.5, 0.6) is 0 Å². The second kappa shape index (κ2) is 3.11. The quantitative estimate of drug-likeness (QED) is 0.421. The van der Waals surface area contributed by atoms with Gasteiger partial charge in [-0.2, -0.15) is 0 Å². The minimum atomic E-state index is 0.926. The SMILES string of the molecule is [c]1ccc2oc3ccc4ccccc4c3c2c1. The normalized spacial score (nSPS) is 11.5. The molecule has 1 heteroatoms. The van der Waals surface area contributed by atoms with Gasteiger partial charge in [-0.3, -0.25) is 0 Å². The highest BCUT2D eigenvalue weighted by Crippen LogP contribution is 2.33. The van der Waals surface area contributed by atoms with Crippen LogP contribution in [0.1, 0.15) is 0 Å². The van der Waals surface area contributed by atoms with Crippen molar-refractivity contribution >= 4 is 32.7 Å². The molecule has 4 rings (SSSR count). The Kier molecular flexibility index (Phi) is 1.61. The van der Waals surface area contributed by atoms with E-state index < -0.39 is 0 Å². The highest BCUT2D eigenvalue weighted by molar-refractivity contribution is 6.18. The van der Waals surface area contributed by atoms with Crippen LogP contribution in [0.15, 0.2) is 59.0 Å². The molecule has 0 fully saturated rings. The van der Waals surface area contributed by atoms with Crippen molar-refractivity contribution in [3.8, 4) is 0 Å². The van der Waals surface area contributed by atoms with Crippen LogP contribution in [0.2, 0.25) is 0 Å². The lowest BCUT2D eigenvalue weighted by Crippen LogP contribution is -1.73. The van der Waals surface area contributed by atoms with E-state index in [9.17, 15) is 0 Å². The first-order chi connectivity index (χ1) is 8.43. The van der Waals surface area contributed by atoms with Gasteiger partial charge in [-0.1, -0.05) is 36.4 Å². The smallest absolute Gasteiger partial charge is 0.136 e. The molecule has 0 aliphatic heterocycles. The molecule has 1 heterocycles. The summed E-state index contributed by atoms with van der Waals surface area (Å²) in [4.78, 5) is 0. The fourth-order valence-electron chi connectivity index (χ4n) is 2.43. The van der Waals surface area contributed by atoms with Gasteiger partial charge in [-0.05, 0) is 35.0 Å². The maximum absolute atomic E-state index is 5.84. The van der Waals surface area contributed by atoms with Crippen molar-refractivity contribution in [3.05, 3.63) is 60.7 Å². The van der Waals surface area contributed by atoms with E-state index in [-0.39, 0.29) is 0 Å². The van der Waals surface area contributed by atoms with Gasteiger partial charge >= 0.3 is 0 Å². The number of rotatable bonds is 0. The van der Waals surface area contributed by atoms with Crippen molar-refractivity contribution in [2.24, 2.45) is 0 Å². The summed E-state index contributed by atoms with van der Waals surface area (Å²) in [5.74, 6) is 0. The minimum Gasteiger partial charge on any atom is -0.456 e. The molecule has 0 saturated heterocycles. The van der Waals surface area contributed by atoms with Crippen molar-refractivity contribution in [2.75, 3.05) is 0 Å². The zero-order chi connectivity index (χ0) is 11.2. The van der Waals surface area contributed by atoms with Gasteiger partial charge in [0.15, 0.2) is 0 Å². The van der Waals surface area contributed by atoms with E-state index in [1.807, 2.05) is 24.3 Å². The molecule has 4 aromatic rings. The Morgan fingerprint density at radius 2 is 1.76 bits per heavy atom. The zero-order valence-electron chi connectivity index (χ0n) is 9.10. The van der Waals surface area contributed by atoms with E-state index >= 15 is 0 Å². The largest absolute Gasteiger partial charge is 0.456 e. The molecule has 0 aliphatic rings. The van der Waals surface area contributed by atoms with Crippen LogP contribution < -0.4 is 0 Å².